The number of oxazole rings is 1. The van der Waals surface area contributed by atoms with Crippen molar-refractivity contribution in [3.63, 3.8) is 0 Å². The molecule has 0 spiro atoms. The molecule has 0 saturated carbocycles. The Kier molecular flexibility index (Phi) is 6.57. The van der Waals surface area contributed by atoms with Crippen molar-refractivity contribution in [2.24, 2.45) is 0 Å². The fourth-order valence-electron chi connectivity index (χ4n) is 3.16. The average Bonchev–Trinajstić information content (AvgIpc) is 3.08. The third-order valence-corrected chi connectivity index (χ3v) is 6.92. The van der Waals surface area contributed by atoms with Gasteiger partial charge in [-0.3, -0.25) is 0 Å². The Balaban J connectivity index is 1.79. The number of hydrogen-bond donors (Lipinski definition) is 0. The van der Waals surface area contributed by atoms with Crippen molar-refractivity contribution >= 4 is 10.0 Å². The van der Waals surface area contributed by atoms with Gasteiger partial charge in [0, 0.05) is 12.6 Å². The van der Waals surface area contributed by atoms with Crippen molar-refractivity contribution in [3.05, 3.63) is 65.5 Å². The first-order chi connectivity index (χ1) is 14.5. The second-order valence-electron chi connectivity index (χ2n) is 8.51. The molecule has 0 aliphatic heterocycles. The predicted octanol–water partition coefficient (Wildman–Crippen LogP) is 5.17. The summed E-state index contributed by atoms with van der Waals surface area (Å²) in [6.45, 7) is 10.7. The molecule has 0 radical (unpaired) electrons. The van der Waals surface area contributed by atoms with Crippen molar-refractivity contribution in [1.82, 2.24) is 9.29 Å². The van der Waals surface area contributed by atoms with E-state index in [-0.39, 0.29) is 16.9 Å². The summed E-state index contributed by atoms with van der Waals surface area (Å²) in [5.74, 6) is 1.82. The first-order valence-electron chi connectivity index (χ1n) is 10.3. The van der Waals surface area contributed by atoms with E-state index >= 15 is 0 Å². The van der Waals surface area contributed by atoms with E-state index in [0.29, 0.717) is 24.0 Å². The van der Waals surface area contributed by atoms with E-state index in [0.717, 1.165) is 16.9 Å². The molecule has 0 atom stereocenters. The molecule has 0 saturated heterocycles. The summed E-state index contributed by atoms with van der Waals surface area (Å²) in [5.41, 5.74) is 2.44. The van der Waals surface area contributed by atoms with E-state index in [9.17, 15) is 8.42 Å². The summed E-state index contributed by atoms with van der Waals surface area (Å²) < 4.78 is 38.6. The topological polar surface area (TPSA) is 72.6 Å². The van der Waals surface area contributed by atoms with Crippen molar-refractivity contribution in [3.8, 4) is 17.2 Å². The molecule has 166 valence electrons. The monoisotopic (exact) mass is 442 g/mol. The maximum absolute atomic E-state index is 13.0. The Labute approximate surface area is 184 Å². The largest absolute Gasteiger partial charge is 0.494 e. The molecule has 3 rings (SSSR count). The van der Waals surface area contributed by atoms with Gasteiger partial charge in [0.1, 0.15) is 11.5 Å². The van der Waals surface area contributed by atoms with Crippen molar-refractivity contribution in [1.29, 1.82) is 0 Å². The third-order valence-electron chi connectivity index (χ3n) is 5.11. The van der Waals surface area contributed by atoms with Crippen LogP contribution >= 0.6 is 0 Å². The van der Waals surface area contributed by atoms with E-state index < -0.39 is 10.0 Å². The number of aryl methyl sites for hydroxylation is 1. The summed E-state index contributed by atoms with van der Waals surface area (Å²) in [5, 5.41) is 0. The Morgan fingerprint density at radius 3 is 2.19 bits per heavy atom. The van der Waals surface area contributed by atoms with Gasteiger partial charge < -0.3 is 9.15 Å². The molecule has 6 nitrogen and oxygen atoms in total. The molecule has 0 unspecified atom stereocenters. The van der Waals surface area contributed by atoms with Crippen LogP contribution in [0.5, 0.6) is 5.75 Å². The zero-order chi connectivity index (χ0) is 22.8. The molecule has 7 heteroatoms. The standard InChI is InChI=1S/C24H30N2O4S/c1-7-29-20-12-8-18(9-13-20)23-25-22(17(2)30-23)16-26(6)31(27,28)21-14-10-19(11-15-21)24(3,4)5/h8-15H,7,16H2,1-6H3. The van der Waals surface area contributed by atoms with E-state index in [1.807, 2.05) is 43.3 Å². The highest BCUT2D eigenvalue weighted by molar-refractivity contribution is 7.89. The van der Waals surface area contributed by atoms with Gasteiger partial charge in [-0.2, -0.15) is 4.31 Å². The fourth-order valence-corrected chi connectivity index (χ4v) is 4.29. The van der Waals surface area contributed by atoms with Crippen LogP contribution < -0.4 is 4.74 Å². The molecular formula is C24H30N2O4S. The second kappa shape index (κ2) is 8.85. The lowest BCUT2D eigenvalue weighted by Gasteiger charge is -2.20. The maximum atomic E-state index is 13.0. The Morgan fingerprint density at radius 2 is 1.65 bits per heavy atom. The highest BCUT2D eigenvalue weighted by Gasteiger charge is 2.24. The summed E-state index contributed by atoms with van der Waals surface area (Å²) >= 11 is 0. The molecule has 0 aliphatic carbocycles. The maximum Gasteiger partial charge on any atom is 0.243 e. The molecule has 1 heterocycles. The zero-order valence-corrected chi connectivity index (χ0v) is 19.8. The summed E-state index contributed by atoms with van der Waals surface area (Å²) in [4.78, 5) is 4.80. The Hall–Kier alpha value is -2.64. The minimum atomic E-state index is -3.65. The lowest BCUT2D eigenvalue weighted by atomic mass is 9.87. The minimum absolute atomic E-state index is 0.0384. The van der Waals surface area contributed by atoms with Gasteiger partial charge >= 0.3 is 0 Å². The van der Waals surface area contributed by atoms with Crippen LogP contribution in [-0.2, 0) is 22.0 Å². The van der Waals surface area contributed by atoms with Crippen LogP contribution in [0.1, 0.15) is 44.7 Å². The average molecular weight is 443 g/mol. The Bertz CT molecular complexity index is 1130. The van der Waals surface area contributed by atoms with Crippen LogP contribution in [0.2, 0.25) is 0 Å². The van der Waals surface area contributed by atoms with Crippen LogP contribution in [0.25, 0.3) is 11.5 Å². The fraction of sp³-hybridized carbons (Fsp3) is 0.375. The second-order valence-corrected chi connectivity index (χ2v) is 10.6. The van der Waals surface area contributed by atoms with Crippen molar-refractivity contribution < 1.29 is 17.6 Å². The summed E-state index contributed by atoms with van der Waals surface area (Å²) in [7, 11) is -2.10. The van der Waals surface area contributed by atoms with E-state index in [1.54, 1.807) is 26.1 Å². The first kappa shape index (κ1) is 23.0. The van der Waals surface area contributed by atoms with Crippen LogP contribution in [0.3, 0.4) is 0 Å². The van der Waals surface area contributed by atoms with Gasteiger partial charge in [0.05, 0.1) is 23.7 Å². The predicted molar refractivity (Wildman–Crippen MR) is 122 cm³/mol. The highest BCUT2D eigenvalue weighted by atomic mass is 32.2. The number of hydrogen-bond acceptors (Lipinski definition) is 5. The van der Waals surface area contributed by atoms with Crippen LogP contribution in [0, 0.1) is 6.92 Å². The number of benzene rings is 2. The molecule has 0 amide bonds. The smallest absolute Gasteiger partial charge is 0.243 e. The molecule has 0 fully saturated rings. The van der Waals surface area contributed by atoms with Crippen molar-refractivity contribution in [2.75, 3.05) is 13.7 Å². The van der Waals surface area contributed by atoms with Gasteiger partial charge in [-0.25, -0.2) is 13.4 Å². The van der Waals surface area contributed by atoms with Gasteiger partial charge in [-0.1, -0.05) is 32.9 Å². The molecule has 0 bridgehead atoms. The van der Waals surface area contributed by atoms with Gasteiger partial charge in [0.15, 0.2) is 0 Å². The van der Waals surface area contributed by atoms with Crippen molar-refractivity contribution in [2.45, 2.75) is 51.5 Å². The molecule has 2 aromatic carbocycles. The highest BCUT2D eigenvalue weighted by Crippen LogP contribution is 2.27. The van der Waals surface area contributed by atoms with E-state index in [2.05, 4.69) is 25.8 Å². The van der Waals surface area contributed by atoms with E-state index in [4.69, 9.17) is 9.15 Å². The molecule has 1 aromatic heterocycles. The lowest BCUT2D eigenvalue weighted by molar-refractivity contribution is 0.340. The molecular weight excluding hydrogens is 412 g/mol. The van der Waals surface area contributed by atoms with Gasteiger partial charge in [0.25, 0.3) is 0 Å². The SMILES string of the molecule is CCOc1ccc(-c2nc(CN(C)S(=O)(=O)c3ccc(C(C)(C)C)cc3)c(C)o2)cc1. The van der Waals surface area contributed by atoms with Crippen LogP contribution in [0.4, 0.5) is 0 Å². The normalized spacial score (nSPS) is 12.4. The third kappa shape index (κ3) is 5.17. The quantitative estimate of drug-likeness (QED) is 0.505. The molecule has 0 aliphatic rings. The zero-order valence-electron chi connectivity index (χ0n) is 19.0. The molecule has 31 heavy (non-hydrogen) atoms. The summed E-state index contributed by atoms with van der Waals surface area (Å²) in [6, 6.07) is 14.5. The molecule has 0 N–H and O–H groups in total. The number of ether oxygens (including phenoxy) is 1. The lowest BCUT2D eigenvalue weighted by Crippen LogP contribution is -2.27. The Morgan fingerprint density at radius 1 is 1.03 bits per heavy atom. The van der Waals surface area contributed by atoms with Gasteiger partial charge in [0.2, 0.25) is 15.9 Å². The number of nitrogens with zero attached hydrogens (tertiary/aromatic N) is 2. The summed E-state index contributed by atoms with van der Waals surface area (Å²) in [6.07, 6.45) is 0. The molecule has 3 aromatic rings. The number of aromatic nitrogens is 1. The first-order valence-corrected chi connectivity index (χ1v) is 11.7. The van der Waals surface area contributed by atoms with Gasteiger partial charge in [-0.05, 0) is 61.2 Å². The van der Waals surface area contributed by atoms with E-state index in [1.165, 1.54) is 4.31 Å². The minimum Gasteiger partial charge on any atom is -0.494 e. The van der Waals surface area contributed by atoms with Gasteiger partial charge in [-0.15, -0.1) is 0 Å². The number of sulfonamides is 1. The van der Waals surface area contributed by atoms with Crippen LogP contribution in [0.15, 0.2) is 57.8 Å². The number of rotatable bonds is 7. The van der Waals surface area contributed by atoms with Crippen LogP contribution in [-0.4, -0.2) is 31.4 Å².